The van der Waals surface area contributed by atoms with E-state index in [1.54, 1.807) is 12.1 Å². The minimum Gasteiger partial charge on any atom is -0.481 e. The molecular formula is C24H34ClN3O3S. The molecule has 8 heteroatoms. The number of thiophene rings is 1. The lowest BCUT2D eigenvalue weighted by atomic mass is 9.78. The lowest BCUT2D eigenvalue weighted by Crippen LogP contribution is -2.46. The molecule has 1 aromatic carbocycles. The lowest BCUT2D eigenvalue weighted by Gasteiger charge is -2.44. The molecule has 1 heterocycles. The first-order valence-electron chi connectivity index (χ1n) is 10.9. The van der Waals surface area contributed by atoms with Crippen molar-refractivity contribution in [3.05, 3.63) is 57.2 Å². The molecule has 1 aromatic heterocycles. The second-order valence-corrected chi connectivity index (χ2v) is 9.78. The third-order valence-electron chi connectivity index (χ3n) is 5.87. The Morgan fingerprint density at radius 2 is 1.94 bits per heavy atom. The van der Waals surface area contributed by atoms with Gasteiger partial charge in [0.2, 0.25) is 5.91 Å². The number of aliphatic carboxylic acids is 1. The molecule has 1 saturated carbocycles. The van der Waals surface area contributed by atoms with Gasteiger partial charge in [-0.15, -0.1) is 11.3 Å². The van der Waals surface area contributed by atoms with E-state index in [2.05, 4.69) is 41.8 Å². The topological polar surface area (TPSA) is 95.7 Å². The van der Waals surface area contributed by atoms with E-state index < -0.39 is 5.97 Å². The van der Waals surface area contributed by atoms with Crippen LogP contribution in [0.4, 0.5) is 0 Å². The van der Waals surface area contributed by atoms with E-state index in [0.29, 0.717) is 24.0 Å². The smallest absolute Gasteiger partial charge is 0.303 e. The van der Waals surface area contributed by atoms with E-state index in [0.717, 1.165) is 18.4 Å². The van der Waals surface area contributed by atoms with Gasteiger partial charge in [0.25, 0.3) is 0 Å². The average Bonchev–Trinajstić information content (AvgIpc) is 3.28. The summed E-state index contributed by atoms with van der Waals surface area (Å²) in [5.41, 5.74) is 7.17. The third-order valence-corrected chi connectivity index (χ3v) is 7.16. The number of nitrogens with two attached hydrogens (primary N) is 1. The van der Waals surface area contributed by atoms with Crippen molar-refractivity contribution in [2.24, 2.45) is 5.73 Å². The van der Waals surface area contributed by atoms with E-state index in [9.17, 15) is 9.59 Å². The number of carbonyl (C=O) groups excluding carboxylic acids is 1. The van der Waals surface area contributed by atoms with Gasteiger partial charge in [-0.25, -0.2) is 0 Å². The summed E-state index contributed by atoms with van der Waals surface area (Å²) in [5, 5.41) is 13.9. The van der Waals surface area contributed by atoms with Gasteiger partial charge in [0.15, 0.2) is 0 Å². The van der Waals surface area contributed by atoms with Gasteiger partial charge < -0.3 is 16.2 Å². The largest absolute Gasteiger partial charge is 0.481 e. The van der Waals surface area contributed by atoms with Crippen LogP contribution in [0.2, 0.25) is 5.02 Å². The van der Waals surface area contributed by atoms with Gasteiger partial charge >= 0.3 is 5.97 Å². The quantitative estimate of drug-likeness (QED) is 0.513. The van der Waals surface area contributed by atoms with Gasteiger partial charge in [0, 0.05) is 35.3 Å². The second-order valence-electron chi connectivity index (χ2n) is 8.39. The van der Waals surface area contributed by atoms with Crippen LogP contribution in [-0.2, 0) is 21.7 Å². The zero-order valence-corrected chi connectivity index (χ0v) is 20.4. The highest BCUT2D eigenvalue weighted by molar-refractivity contribution is 7.10. The fourth-order valence-electron chi connectivity index (χ4n) is 3.91. The summed E-state index contributed by atoms with van der Waals surface area (Å²) in [6.07, 6.45) is 5.30. The van der Waals surface area contributed by atoms with Crippen molar-refractivity contribution in [2.45, 2.75) is 63.1 Å². The van der Waals surface area contributed by atoms with Crippen LogP contribution >= 0.6 is 22.9 Å². The predicted octanol–water partition coefficient (Wildman–Crippen LogP) is 4.62. The Morgan fingerprint density at radius 3 is 2.50 bits per heavy atom. The number of nitrogens with zero attached hydrogens (tertiary/aromatic N) is 1. The van der Waals surface area contributed by atoms with Crippen LogP contribution in [0.25, 0.3) is 0 Å². The summed E-state index contributed by atoms with van der Waals surface area (Å²) < 4.78 is 0. The highest BCUT2D eigenvalue weighted by Crippen LogP contribution is 2.42. The van der Waals surface area contributed by atoms with E-state index in [1.165, 1.54) is 17.7 Å². The van der Waals surface area contributed by atoms with Gasteiger partial charge in [0.1, 0.15) is 0 Å². The number of carboxylic acids is 1. The van der Waals surface area contributed by atoms with Crippen molar-refractivity contribution in [3.8, 4) is 0 Å². The minimum absolute atomic E-state index is 0.0184. The van der Waals surface area contributed by atoms with Gasteiger partial charge in [-0.05, 0) is 75.3 Å². The molecule has 0 radical (unpaired) electrons. The highest BCUT2D eigenvalue weighted by atomic mass is 35.5. The van der Waals surface area contributed by atoms with E-state index >= 15 is 0 Å². The van der Waals surface area contributed by atoms with Crippen LogP contribution in [0.15, 0.2) is 41.8 Å². The number of nitrogens with one attached hydrogen (secondary N) is 1. The number of carboxylic acid groups (broad SMARTS) is 1. The standard InChI is InChI=1S/C12H14ClNO3.C12H20N2S/c13-10-4-1-3-9(7-10)8-14-11(15)5-2-6-12(16)17;1-14(2)12(11-4-3-9-15-11)7-5-10(13)6-8-12/h1,3-4,7H,2,5-6,8H2,(H,14,15)(H,16,17);3-4,9-10H,5-8,13H2,1-2H3. The maximum atomic E-state index is 11.3. The number of hydrogen-bond donors (Lipinski definition) is 3. The van der Waals surface area contributed by atoms with Gasteiger partial charge in [-0.3, -0.25) is 14.5 Å². The van der Waals surface area contributed by atoms with Crippen molar-refractivity contribution in [1.29, 1.82) is 0 Å². The molecule has 3 rings (SSSR count). The monoisotopic (exact) mass is 479 g/mol. The molecule has 32 heavy (non-hydrogen) atoms. The Morgan fingerprint density at radius 1 is 1.22 bits per heavy atom. The van der Waals surface area contributed by atoms with Crippen LogP contribution in [0, 0.1) is 0 Å². The molecule has 0 atom stereocenters. The fourth-order valence-corrected chi connectivity index (χ4v) is 5.19. The van der Waals surface area contributed by atoms with E-state index in [-0.39, 0.29) is 24.3 Å². The van der Waals surface area contributed by atoms with Gasteiger partial charge in [-0.1, -0.05) is 29.8 Å². The molecule has 176 valence electrons. The van der Waals surface area contributed by atoms with Crippen LogP contribution in [0.5, 0.6) is 0 Å². The molecule has 1 aliphatic carbocycles. The number of carbonyl (C=O) groups is 2. The molecule has 1 fully saturated rings. The predicted molar refractivity (Wildman–Crippen MR) is 131 cm³/mol. The molecule has 0 saturated heterocycles. The first kappa shape index (κ1) is 26.3. The maximum Gasteiger partial charge on any atom is 0.303 e. The van der Waals surface area contributed by atoms with Crippen molar-refractivity contribution in [3.63, 3.8) is 0 Å². The molecule has 1 amide bonds. The number of benzene rings is 1. The van der Waals surface area contributed by atoms with Crippen LogP contribution in [0.3, 0.4) is 0 Å². The van der Waals surface area contributed by atoms with Crippen LogP contribution < -0.4 is 11.1 Å². The normalized spacial score (nSPS) is 20.3. The zero-order chi connectivity index (χ0) is 23.6. The van der Waals surface area contributed by atoms with E-state index in [4.69, 9.17) is 22.4 Å². The molecule has 0 unspecified atom stereocenters. The Bertz CT molecular complexity index is 850. The van der Waals surface area contributed by atoms with Crippen molar-refractivity contribution < 1.29 is 14.7 Å². The Hall–Kier alpha value is -1.93. The van der Waals surface area contributed by atoms with Crippen molar-refractivity contribution >= 4 is 34.8 Å². The van der Waals surface area contributed by atoms with E-state index in [1.807, 2.05) is 23.5 Å². The van der Waals surface area contributed by atoms with Gasteiger partial charge in [-0.2, -0.15) is 0 Å². The number of hydrogen-bond acceptors (Lipinski definition) is 5. The summed E-state index contributed by atoms with van der Waals surface area (Å²) in [6, 6.07) is 12.1. The molecule has 4 N–H and O–H groups in total. The molecule has 0 bridgehead atoms. The van der Waals surface area contributed by atoms with Gasteiger partial charge in [0.05, 0.1) is 5.54 Å². The second kappa shape index (κ2) is 12.9. The Balaban J connectivity index is 0.000000228. The fraction of sp³-hybridized carbons (Fsp3) is 0.500. The van der Waals surface area contributed by atoms with Crippen molar-refractivity contribution in [1.82, 2.24) is 10.2 Å². The third kappa shape index (κ3) is 8.20. The molecule has 1 aliphatic rings. The molecule has 2 aromatic rings. The summed E-state index contributed by atoms with van der Waals surface area (Å²) in [4.78, 5) is 25.5. The molecular weight excluding hydrogens is 446 g/mol. The first-order chi connectivity index (χ1) is 15.2. The molecule has 0 spiro atoms. The number of amides is 1. The summed E-state index contributed by atoms with van der Waals surface area (Å²) in [5.74, 6) is -1.03. The summed E-state index contributed by atoms with van der Waals surface area (Å²) in [6.45, 7) is 0.409. The lowest BCUT2D eigenvalue weighted by molar-refractivity contribution is -0.137. The molecule has 0 aliphatic heterocycles. The maximum absolute atomic E-state index is 11.3. The highest BCUT2D eigenvalue weighted by Gasteiger charge is 2.38. The minimum atomic E-state index is -0.882. The Kier molecular flexibility index (Phi) is 10.6. The van der Waals surface area contributed by atoms with Crippen LogP contribution in [-0.4, -0.2) is 42.0 Å². The number of rotatable bonds is 8. The first-order valence-corrected chi connectivity index (χ1v) is 12.2. The summed E-state index contributed by atoms with van der Waals surface area (Å²) in [7, 11) is 4.38. The SMILES string of the molecule is CN(C)C1(c2cccs2)CCC(N)CC1.O=C(O)CCCC(=O)NCc1cccc(Cl)c1. The molecule has 6 nitrogen and oxygen atoms in total. The zero-order valence-electron chi connectivity index (χ0n) is 18.9. The van der Waals surface area contributed by atoms with Crippen molar-refractivity contribution in [2.75, 3.05) is 14.1 Å². The Labute approximate surface area is 199 Å². The van der Waals surface area contributed by atoms with Crippen LogP contribution in [0.1, 0.15) is 55.4 Å². The summed E-state index contributed by atoms with van der Waals surface area (Å²) >= 11 is 7.68. The number of halogens is 1. The average molecular weight is 480 g/mol.